The lowest BCUT2D eigenvalue weighted by atomic mass is 10.1. The van der Waals surface area contributed by atoms with Crippen molar-refractivity contribution in [3.8, 4) is 0 Å². The average Bonchev–Trinajstić information content (AvgIpc) is 3.26. The first-order valence-corrected chi connectivity index (χ1v) is 9.63. The monoisotopic (exact) mass is 381 g/mol. The Balaban J connectivity index is 1.63. The first-order chi connectivity index (χ1) is 13.6. The molecule has 2 N–H and O–H groups in total. The predicted molar refractivity (Wildman–Crippen MR) is 113 cm³/mol. The fourth-order valence-electron chi connectivity index (χ4n) is 3.47. The molecule has 2 aromatic carbocycles. The van der Waals surface area contributed by atoms with Crippen LogP contribution in [0.3, 0.4) is 0 Å². The van der Waals surface area contributed by atoms with Crippen LogP contribution in [0, 0.1) is 10.1 Å². The van der Waals surface area contributed by atoms with Gasteiger partial charge in [0.2, 0.25) is 0 Å². The van der Waals surface area contributed by atoms with Crippen molar-refractivity contribution in [1.82, 2.24) is 10.6 Å². The summed E-state index contributed by atoms with van der Waals surface area (Å²) in [7, 11) is 1.70. The van der Waals surface area contributed by atoms with Crippen LogP contribution in [0.4, 0.5) is 11.4 Å². The van der Waals surface area contributed by atoms with E-state index in [1.807, 2.05) is 0 Å². The fourth-order valence-corrected chi connectivity index (χ4v) is 3.47. The lowest BCUT2D eigenvalue weighted by Gasteiger charge is -2.22. The zero-order valence-electron chi connectivity index (χ0n) is 16.4. The van der Waals surface area contributed by atoms with Gasteiger partial charge in [-0.1, -0.05) is 30.3 Å². The summed E-state index contributed by atoms with van der Waals surface area (Å²) in [6.07, 6.45) is 2.50. The molecule has 0 saturated carbocycles. The molecule has 1 aliphatic heterocycles. The maximum atomic E-state index is 11.2. The average molecular weight is 381 g/mol. The number of hydrogen-bond donors (Lipinski definition) is 2. The third-order valence-electron chi connectivity index (χ3n) is 5.05. The molecule has 7 nitrogen and oxygen atoms in total. The number of benzene rings is 2. The molecule has 148 valence electrons. The highest BCUT2D eigenvalue weighted by molar-refractivity contribution is 5.80. The Bertz CT molecular complexity index is 846. The Morgan fingerprint density at radius 2 is 1.96 bits per heavy atom. The molecule has 1 aliphatic rings. The molecule has 1 fully saturated rings. The molecule has 1 unspecified atom stereocenters. The normalized spacial score (nSPS) is 15.4. The van der Waals surface area contributed by atoms with Crippen molar-refractivity contribution < 1.29 is 4.92 Å². The zero-order valence-corrected chi connectivity index (χ0v) is 16.4. The number of hydrogen-bond acceptors (Lipinski definition) is 4. The van der Waals surface area contributed by atoms with Gasteiger partial charge in [-0.05, 0) is 37.5 Å². The minimum atomic E-state index is -0.361. The topological polar surface area (TPSA) is 82.8 Å². The van der Waals surface area contributed by atoms with Crippen molar-refractivity contribution in [3.05, 3.63) is 69.8 Å². The summed E-state index contributed by atoms with van der Waals surface area (Å²) in [4.78, 5) is 17.5. The lowest BCUT2D eigenvalue weighted by Crippen LogP contribution is -2.38. The highest BCUT2D eigenvalue weighted by atomic mass is 16.6. The number of guanidine groups is 1. The maximum absolute atomic E-state index is 11.2. The Labute approximate surface area is 165 Å². The van der Waals surface area contributed by atoms with Gasteiger partial charge >= 0.3 is 0 Å². The molecule has 1 heterocycles. The van der Waals surface area contributed by atoms with Gasteiger partial charge in [-0.2, -0.15) is 0 Å². The molecule has 1 atom stereocenters. The van der Waals surface area contributed by atoms with Crippen molar-refractivity contribution in [3.63, 3.8) is 0 Å². The van der Waals surface area contributed by atoms with Crippen LogP contribution in [0.25, 0.3) is 0 Å². The molecule has 0 radical (unpaired) electrons. The lowest BCUT2D eigenvalue weighted by molar-refractivity contribution is -0.385. The number of rotatable bonds is 6. The van der Waals surface area contributed by atoms with Gasteiger partial charge in [-0.25, -0.2) is 0 Å². The first-order valence-electron chi connectivity index (χ1n) is 9.63. The van der Waals surface area contributed by atoms with E-state index < -0.39 is 0 Å². The number of nitro benzene ring substituents is 1. The van der Waals surface area contributed by atoms with E-state index in [0.29, 0.717) is 18.1 Å². The molecule has 3 rings (SSSR count). The molecular formula is C21H27N5O2. The summed E-state index contributed by atoms with van der Waals surface area (Å²) in [6.45, 7) is 4.65. The van der Waals surface area contributed by atoms with Gasteiger partial charge in [0.1, 0.15) is 0 Å². The van der Waals surface area contributed by atoms with Gasteiger partial charge in [0.15, 0.2) is 5.96 Å². The second-order valence-corrected chi connectivity index (χ2v) is 6.97. The molecule has 0 amide bonds. The second-order valence-electron chi connectivity index (χ2n) is 6.97. The quantitative estimate of drug-likeness (QED) is 0.346. The predicted octanol–water partition coefficient (Wildman–Crippen LogP) is 3.62. The molecular weight excluding hydrogens is 354 g/mol. The number of para-hydroxylation sites is 1. The van der Waals surface area contributed by atoms with Crippen LogP contribution in [0.5, 0.6) is 0 Å². The number of nitro groups is 1. The van der Waals surface area contributed by atoms with Gasteiger partial charge < -0.3 is 15.5 Å². The SMILES string of the molecule is CN=C(NCc1ccccc1[N+](=O)[O-])NC(C)c1cccc(N2CCCC2)c1. The van der Waals surface area contributed by atoms with Gasteiger partial charge in [0.05, 0.1) is 11.0 Å². The second kappa shape index (κ2) is 9.21. The van der Waals surface area contributed by atoms with Crippen molar-refractivity contribution in [2.75, 3.05) is 25.0 Å². The van der Waals surface area contributed by atoms with Crippen molar-refractivity contribution in [2.45, 2.75) is 32.4 Å². The standard InChI is InChI=1S/C21H27N5O2/c1-16(17-9-7-10-19(14-17)25-12-5-6-13-25)24-21(22-2)23-15-18-8-3-4-11-20(18)26(27)28/h3-4,7-11,14,16H,5-6,12-13,15H2,1-2H3,(H2,22,23,24). The molecule has 0 spiro atoms. The summed E-state index contributed by atoms with van der Waals surface area (Å²) in [5.74, 6) is 0.609. The molecule has 0 aromatic heterocycles. The highest BCUT2D eigenvalue weighted by Gasteiger charge is 2.16. The molecule has 0 aliphatic carbocycles. The van der Waals surface area contributed by atoms with Gasteiger partial charge in [-0.3, -0.25) is 15.1 Å². The largest absolute Gasteiger partial charge is 0.372 e. The minimum absolute atomic E-state index is 0.0551. The van der Waals surface area contributed by atoms with Crippen LogP contribution in [0.15, 0.2) is 53.5 Å². The summed E-state index contributed by atoms with van der Waals surface area (Å²) in [5, 5.41) is 17.7. The van der Waals surface area contributed by atoms with Crippen molar-refractivity contribution in [2.24, 2.45) is 4.99 Å². The molecule has 1 saturated heterocycles. The fraction of sp³-hybridized carbons (Fsp3) is 0.381. The summed E-state index contributed by atoms with van der Waals surface area (Å²) in [6, 6.07) is 15.4. The number of nitrogens with one attached hydrogen (secondary N) is 2. The van der Waals surface area contributed by atoms with Crippen molar-refractivity contribution >= 4 is 17.3 Å². The van der Waals surface area contributed by atoms with Crippen LogP contribution < -0.4 is 15.5 Å². The minimum Gasteiger partial charge on any atom is -0.372 e. The number of aliphatic imine (C=N–C) groups is 1. The zero-order chi connectivity index (χ0) is 19.9. The number of nitrogens with zero attached hydrogens (tertiary/aromatic N) is 3. The van der Waals surface area contributed by atoms with E-state index in [0.717, 1.165) is 13.1 Å². The van der Waals surface area contributed by atoms with E-state index in [-0.39, 0.29) is 16.7 Å². The number of anilines is 1. The van der Waals surface area contributed by atoms with E-state index in [4.69, 9.17) is 0 Å². The summed E-state index contributed by atoms with van der Waals surface area (Å²) in [5.41, 5.74) is 3.17. The van der Waals surface area contributed by atoms with Crippen molar-refractivity contribution in [1.29, 1.82) is 0 Å². The molecule has 2 aromatic rings. The van der Waals surface area contributed by atoms with E-state index in [2.05, 4.69) is 51.7 Å². The summed E-state index contributed by atoms with van der Waals surface area (Å²) < 4.78 is 0. The van der Waals surface area contributed by atoms with Gasteiger partial charge in [0, 0.05) is 44.0 Å². The smallest absolute Gasteiger partial charge is 0.274 e. The van der Waals surface area contributed by atoms with Crippen LogP contribution in [0.2, 0.25) is 0 Å². The summed E-state index contributed by atoms with van der Waals surface area (Å²) >= 11 is 0. The van der Waals surface area contributed by atoms with Gasteiger partial charge in [0.25, 0.3) is 5.69 Å². The molecule has 0 bridgehead atoms. The van der Waals surface area contributed by atoms with E-state index >= 15 is 0 Å². The Hall–Kier alpha value is -3.09. The van der Waals surface area contributed by atoms with Crippen LogP contribution in [-0.4, -0.2) is 31.0 Å². The van der Waals surface area contributed by atoms with Crippen LogP contribution in [0.1, 0.15) is 36.9 Å². The molecule has 28 heavy (non-hydrogen) atoms. The Morgan fingerprint density at radius 3 is 2.68 bits per heavy atom. The third-order valence-corrected chi connectivity index (χ3v) is 5.05. The molecule has 7 heteroatoms. The maximum Gasteiger partial charge on any atom is 0.274 e. The van der Waals surface area contributed by atoms with Gasteiger partial charge in [-0.15, -0.1) is 0 Å². The van der Waals surface area contributed by atoms with E-state index in [1.165, 1.54) is 30.2 Å². The Kier molecular flexibility index (Phi) is 6.47. The third kappa shape index (κ3) is 4.79. The highest BCUT2D eigenvalue weighted by Crippen LogP contribution is 2.24. The van der Waals surface area contributed by atoms with Crippen LogP contribution in [-0.2, 0) is 6.54 Å². The van der Waals surface area contributed by atoms with E-state index in [1.54, 1.807) is 25.2 Å². The Morgan fingerprint density at radius 1 is 1.21 bits per heavy atom. The van der Waals surface area contributed by atoms with Crippen LogP contribution >= 0.6 is 0 Å². The van der Waals surface area contributed by atoms with E-state index in [9.17, 15) is 10.1 Å². The first kappa shape index (κ1) is 19.7.